The van der Waals surface area contributed by atoms with Crippen molar-refractivity contribution < 1.29 is 19.4 Å². The molecule has 112 valence electrons. The summed E-state index contributed by atoms with van der Waals surface area (Å²) in [6.07, 6.45) is -0.198. The molecule has 1 saturated heterocycles. The second-order valence-electron chi connectivity index (χ2n) is 4.42. The predicted molar refractivity (Wildman–Crippen MR) is 81.1 cm³/mol. The largest absolute Gasteiger partial charge is 0.494 e. The first kappa shape index (κ1) is 15.4. The lowest BCUT2D eigenvalue weighted by atomic mass is 10.3. The number of carbonyl (C=O) groups is 2. The van der Waals surface area contributed by atoms with Crippen LogP contribution in [0.2, 0.25) is 0 Å². The molecule has 7 heteroatoms. The number of amidine groups is 1. The fraction of sp³-hybridized carbons (Fsp3) is 0.357. The zero-order chi connectivity index (χ0) is 15.4. The molecule has 0 saturated carbocycles. The molecule has 1 heterocycles. The van der Waals surface area contributed by atoms with E-state index in [2.05, 4.69) is 4.99 Å². The number of carboxylic acid groups (broad SMARTS) is 1. The van der Waals surface area contributed by atoms with Gasteiger partial charge in [0.15, 0.2) is 5.17 Å². The fourth-order valence-electron chi connectivity index (χ4n) is 1.85. The van der Waals surface area contributed by atoms with E-state index in [0.717, 1.165) is 5.75 Å². The zero-order valence-electron chi connectivity index (χ0n) is 11.8. The number of hydrogen-bond donors (Lipinski definition) is 1. The maximum Gasteiger partial charge on any atom is 0.305 e. The highest BCUT2D eigenvalue weighted by molar-refractivity contribution is 8.15. The van der Waals surface area contributed by atoms with Crippen LogP contribution in [0.4, 0.5) is 5.69 Å². The summed E-state index contributed by atoms with van der Waals surface area (Å²) in [7, 11) is 1.60. The summed E-state index contributed by atoms with van der Waals surface area (Å²) in [4.78, 5) is 28.4. The highest BCUT2D eigenvalue weighted by atomic mass is 32.2. The Bertz CT molecular complexity index is 571. The summed E-state index contributed by atoms with van der Waals surface area (Å²) in [5.41, 5.74) is 0.691. The number of aliphatic carboxylic acids is 1. The standard InChI is InChI=1S/C14H16N2O4S/c1-3-20-10-6-4-9(5-7-10)15-14-16(2)13(19)11(21-14)8-12(17)18/h4-7,11H,3,8H2,1-2H3,(H,17,18). The summed E-state index contributed by atoms with van der Waals surface area (Å²) >= 11 is 1.18. The van der Waals surface area contributed by atoms with Gasteiger partial charge in [0.2, 0.25) is 5.91 Å². The first-order valence-electron chi connectivity index (χ1n) is 6.49. The average molecular weight is 308 g/mol. The van der Waals surface area contributed by atoms with Crippen LogP contribution in [-0.4, -0.2) is 46.0 Å². The van der Waals surface area contributed by atoms with Crippen molar-refractivity contribution >= 4 is 34.5 Å². The van der Waals surface area contributed by atoms with Gasteiger partial charge in [-0.15, -0.1) is 0 Å². The Morgan fingerprint density at radius 1 is 1.43 bits per heavy atom. The highest BCUT2D eigenvalue weighted by Crippen LogP contribution is 2.30. The molecule has 1 aliphatic heterocycles. The number of ether oxygens (including phenoxy) is 1. The number of thioether (sulfide) groups is 1. The minimum Gasteiger partial charge on any atom is -0.494 e. The lowest BCUT2D eigenvalue weighted by Gasteiger charge is -2.08. The van der Waals surface area contributed by atoms with Crippen LogP contribution in [0.25, 0.3) is 0 Å². The summed E-state index contributed by atoms with van der Waals surface area (Å²) in [5, 5.41) is 8.70. The van der Waals surface area contributed by atoms with Gasteiger partial charge in [0, 0.05) is 7.05 Å². The van der Waals surface area contributed by atoms with Gasteiger partial charge in [-0.1, -0.05) is 11.8 Å². The van der Waals surface area contributed by atoms with Crippen LogP contribution < -0.4 is 4.74 Å². The van der Waals surface area contributed by atoms with Crippen LogP contribution in [-0.2, 0) is 9.59 Å². The van der Waals surface area contributed by atoms with E-state index in [4.69, 9.17) is 9.84 Å². The molecule has 0 aromatic heterocycles. The van der Waals surface area contributed by atoms with Crippen molar-refractivity contribution in [3.8, 4) is 5.75 Å². The van der Waals surface area contributed by atoms with Crippen LogP contribution >= 0.6 is 11.8 Å². The van der Waals surface area contributed by atoms with E-state index in [0.29, 0.717) is 17.5 Å². The number of aliphatic imine (C=N–C) groups is 1. The van der Waals surface area contributed by atoms with E-state index in [1.54, 1.807) is 31.3 Å². The first-order valence-corrected chi connectivity index (χ1v) is 7.36. The van der Waals surface area contributed by atoms with E-state index in [9.17, 15) is 9.59 Å². The Hall–Kier alpha value is -2.02. The lowest BCUT2D eigenvalue weighted by molar-refractivity contribution is -0.139. The molecule has 6 nitrogen and oxygen atoms in total. The van der Waals surface area contributed by atoms with Crippen molar-refractivity contribution in [3.63, 3.8) is 0 Å². The molecule has 0 bridgehead atoms. The Morgan fingerprint density at radius 3 is 2.67 bits per heavy atom. The zero-order valence-corrected chi connectivity index (χ0v) is 12.6. The summed E-state index contributed by atoms with van der Waals surface area (Å²) < 4.78 is 5.35. The molecule has 1 atom stereocenters. The van der Waals surface area contributed by atoms with E-state index < -0.39 is 11.2 Å². The van der Waals surface area contributed by atoms with Gasteiger partial charge in [-0.05, 0) is 31.2 Å². The second-order valence-corrected chi connectivity index (χ2v) is 5.59. The molecular weight excluding hydrogens is 292 g/mol. The average Bonchev–Trinajstić information content (AvgIpc) is 2.69. The van der Waals surface area contributed by atoms with Gasteiger partial charge in [-0.3, -0.25) is 14.5 Å². The van der Waals surface area contributed by atoms with Gasteiger partial charge in [0.05, 0.1) is 18.7 Å². The van der Waals surface area contributed by atoms with E-state index >= 15 is 0 Å². The number of amides is 1. The fourth-order valence-corrected chi connectivity index (χ4v) is 3.00. The number of carbonyl (C=O) groups excluding carboxylic acids is 1. The molecule has 0 aliphatic carbocycles. The van der Waals surface area contributed by atoms with Crippen molar-refractivity contribution in [1.82, 2.24) is 4.90 Å². The van der Waals surface area contributed by atoms with Gasteiger partial charge < -0.3 is 9.84 Å². The third kappa shape index (κ3) is 3.75. The smallest absolute Gasteiger partial charge is 0.305 e. The lowest BCUT2D eigenvalue weighted by Crippen LogP contribution is -2.28. The van der Waals surface area contributed by atoms with E-state index in [1.807, 2.05) is 6.92 Å². The molecule has 1 unspecified atom stereocenters. The van der Waals surface area contributed by atoms with Gasteiger partial charge >= 0.3 is 5.97 Å². The molecule has 0 spiro atoms. The molecule has 1 amide bonds. The SMILES string of the molecule is CCOc1ccc(N=C2SC(CC(=O)O)C(=O)N2C)cc1. The molecule has 2 rings (SSSR count). The summed E-state index contributed by atoms with van der Waals surface area (Å²) in [5.74, 6) is -0.461. The van der Waals surface area contributed by atoms with Crippen molar-refractivity contribution in [3.05, 3.63) is 24.3 Å². The first-order chi connectivity index (χ1) is 10.0. The summed E-state index contributed by atoms with van der Waals surface area (Å²) in [6, 6.07) is 7.20. The maximum atomic E-state index is 11.9. The second kappa shape index (κ2) is 6.62. The van der Waals surface area contributed by atoms with Crippen LogP contribution in [0.5, 0.6) is 5.75 Å². The highest BCUT2D eigenvalue weighted by Gasteiger charge is 2.36. The maximum absolute atomic E-state index is 11.9. The van der Waals surface area contributed by atoms with Gasteiger partial charge in [0.1, 0.15) is 11.0 Å². The Labute approximate surface area is 126 Å². The summed E-state index contributed by atoms with van der Waals surface area (Å²) in [6.45, 7) is 2.50. The molecule has 1 aromatic carbocycles. The van der Waals surface area contributed by atoms with Crippen LogP contribution in [0.1, 0.15) is 13.3 Å². The number of benzene rings is 1. The number of rotatable bonds is 5. The Kier molecular flexibility index (Phi) is 4.85. The van der Waals surface area contributed by atoms with Crippen molar-refractivity contribution in [2.45, 2.75) is 18.6 Å². The normalized spacial score (nSPS) is 20.1. The quantitative estimate of drug-likeness (QED) is 0.901. The van der Waals surface area contributed by atoms with Crippen LogP contribution in [0, 0.1) is 0 Å². The van der Waals surface area contributed by atoms with Crippen LogP contribution in [0.3, 0.4) is 0 Å². The number of hydrogen-bond acceptors (Lipinski definition) is 5. The molecular formula is C14H16N2O4S. The van der Waals surface area contributed by atoms with E-state index in [-0.39, 0.29) is 12.3 Å². The predicted octanol–water partition coefficient (Wildman–Crippen LogP) is 2.12. The molecule has 1 N–H and O–H groups in total. The minimum atomic E-state index is -0.989. The van der Waals surface area contributed by atoms with Gasteiger partial charge in [0.25, 0.3) is 0 Å². The Balaban J connectivity index is 2.13. The van der Waals surface area contributed by atoms with Gasteiger partial charge in [-0.2, -0.15) is 0 Å². The monoisotopic (exact) mass is 308 g/mol. The molecule has 1 aromatic rings. The Morgan fingerprint density at radius 2 is 2.10 bits per heavy atom. The van der Waals surface area contributed by atoms with Gasteiger partial charge in [-0.25, -0.2) is 4.99 Å². The third-order valence-corrected chi connectivity index (χ3v) is 4.10. The number of nitrogens with zero attached hydrogens (tertiary/aromatic N) is 2. The molecule has 1 aliphatic rings. The van der Waals surface area contributed by atoms with Crippen molar-refractivity contribution in [2.24, 2.45) is 4.99 Å². The topological polar surface area (TPSA) is 79.2 Å². The molecule has 1 fully saturated rings. The van der Waals surface area contributed by atoms with Crippen LogP contribution in [0.15, 0.2) is 29.3 Å². The molecule has 0 radical (unpaired) electrons. The van der Waals surface area contributed by atoms with E-state index in [1.165, 1.54) is 16.7 Å². The van der Waals surface area contributed by atoms with Crippen molar-refractivity contribution in [1.29, 1.82) is 0 Å². The molecule has 21 heavy (non-hydrogen) atoms. The number of carboxylic acids is 1. The minimum absolute atomic E-state index is 0.198. The van der Waals surface area contributed by atoms with Crippen molar-refractivity contribution in [2.75, 3.05) is 13.7 Å². The third-order valence-electron chi connectivity index (χ3n) is 2.87.